The molecule has 1 aromatic heterocycles. The molecule has 42 heavy (non-hydrogen) atoms. The fourth-order valence-electron chi connectivity index (χ4n) is 5.82. The minimum absolute atomic E-state index is 0.298. The topological polar surface area (TPSA) is 42.3 Å². The lowest BCUT2D eigenvalue weighted by atomic mass is 10.1. The van der Waals surface area contributed by atoms with E-state index in [1.807, 2.05) is 80.6 Å². The number of amides is 2. The second-order valence-corrected chi connectivity index (χ2v) is 11.0. The third-order valence-corrected chi connectivity index (χ3v) is 7.58. The zero-order valence-electron chi connectivity index (χ0n) is 24.3. The number of para-hydroxylation sites is 2. The largest absolute Gasteiger partial charge is 0.308 e. The number of carbonyl (C=O) groups excluding carboxylic acids is 2. The smallest absolute Gasteiger partial charge is 0.268 e. The van der Waals surface area contributed by atoms with Gasteiger partial charge in [0.1, 0.15) is 0 Å². The number of benzene rings is 5. The third-order valence-electron chi connectivity index (χ3n) is 7.58. The molecule has 0 radical (unpaired) electrons. The maximum absolute atomic E-state index is 14.0. The summed E-state index contributed by atoms with van der Waals surface area (Å²) >= 11 is 0. The summed E-state index contributed by atoms with van der Waals surface area (Å²) in [5.41, 5.74) is 9.77. The first-order valence-corrected chi connectivity index (χ1v) is 14.1. The predicted molar refractivity (Wildman–Crippen MR) is 174 cm³/mol. The first-order chi connectivity index (χ1) is 20.3. The van der Waals surface area contributed by atoms with Crippen LogP contribution in [-0.2, 0) is 0 Å². The zero-order valence-corrected chi connectivity index (χ0v) is 24.3. The van der Waals surface area contributed by atoms with Crippen molar-refractivity contribution in [2.75, 3.05) is 4.90 Å². The SMILES string of the molecule is C=C(C)C.Cc1cccc2c3cccc(C)c3n(-c3cccc4c3C(=O)N(c3ccc(-c5ccccc5)cc3)C4=O)c12. The van der Waals surface area contributed by atoms with Gasteiger partial charge in [-0.15, -0.1) is 6.58 Å². The van der Waals surface area contributed by atoms with E-state index in [0.29, 0.717) is 16.8 Å². The first-order valence-electron chi connectivity index (χ1n) is 14.1. The molecule has 2 heterocycles. The standard InChI is InChI=1S/C34H24N2O2.C4H8/c1-21-9-6-13-26-27-14-7-10-22(2)32(27)36(31(21)26)29-16-8-15-28-30(29)34(38)35(33(28)37)25-19-17-24(18-20-25)23-11-4-3-5-12-23;1-4(2)3/h3-20H,1-2H3;1H2,2-3H3. The number of fused-ring (bicyclic) bond motifs is 4. The van der Waals surface area contributed by atoms with E-state index in [1.165, 1.54) is 10.5 Å². The van der Waals surface area contributed by atoms with Gasteiger partial charge >= 0.3 is 0 Å². The van der Waals surface area contributed by atoms with Crippen LogP contribution >= 0.6 is 0 Å². The minimum Gasteiger partial charge on any atom is -0.308 e. The quantitative estimate of drug-likeness (QED) is 0.163. The molecule has 6 aromatic rings. The van der Waals surface area contributed by atoms with Gasteiger partial charge in [-0.05, 0) is 74.2 Å². The molecule has 0 spiro atoms. The number of allylic oxidation sites excluding steroid dienone is 1. The highest BCUT2D eigenvalue weighted by Crippen LogP contribution is 2.39. The molecule has 4 heteroatoms. The number of anilines is 1. The van der Waals surface area contributed by atoms with Crippen molar-refractivity contribution in [2.24, 2.45) is 0 Å². The Morgan fingerprint density at radius 3 is 1.69 bits per heavy atom. The maximum Gasteiger partial charge on any atom is 0.268 e. The fourth-order valence-corrected chi connectivity index (χ4v) is 5.82. The number of aromatic nitrogens is 1. The van der Waals surface area contributed by atoms with E-state index in [9.17, 15) is 9.59 Å². The molecule has 7 rings (SSSR count). The number of hydrogen-bond donors (Lipinski definition) is 0. The van der Waals surface area contributed by atoms with Crippen LogP contribution in [0.1, 0.15) is 45.7 Å². The van der Waals surface area contributed by atoms with Crippen molar-refractivity contribution >= 4 is 39.3 Å². The number of nitrogens with zero attached hydrogens (tertiary/aromatic N) is 2. The molecule has 0 saturated carbocycles. The van der Waals surface area contributed by atoms with Crippen LogP contribution in [0.15, 0.2) is 121 Å². The van der Waals surface area contributed by atoms with Gasteiger partial charge in [-0.3, -0.25) is 9.59 Å². The van der Waals surface area contributed by atoms with E-state index >= 15 is 0 Å². The summed E-state index contributed by atoms with van der Waals surface area (Å²) in [4.78, 5) is 29.0. The summed E-state index contributed by atoms with van der Waals surface area (Å²) in [7, 11) is 0. The highest BCUT2D eigenvalue weighted by molar-refractivity contribution is 6.35. The fraction of sp³-hybridized carbons (Fsp3) is 0.105. The number of rotatable bonds is 3. The molecule has 0 atom stereocenters. The molecular formula is C38H32N2O2. The maximum atomic E-state index is 14.0. The molecule has 1 aliphatic rings. The van der Waals surface area contributed by atoms with Crippen LogP contribution in [0.5, 0.6) is 0 Å². The molecule has 0 saturated heterocycles. The number of hydrogen-bond acceptors (Lipinski definition) is 2. The summed E-state index contributed by atoms with van der Waals surface area (Å²) < 4.78 is 2.17. The van der Waals surface area contributed by atoms with E-state index in [0.717, 1.165) is 49.7 Å². The van der Waals surface area contributed by atoms with Crippen LogP contribution in [0.4, 0.5) is 5.69 Å². The average molecular weight is 549 g/mol. The van der Waals surface area contributed by atoms with Crippen LogP contribution < -0.4 is 4.90 Å². The van der Waals surface area contributed by atoms with E-state index < -0.39 is 0 Å². The second-order valence-electron chi connectivity index (χ2n) is 11.0. The lowest BCUT2D eigenvalue weighted by Gasteiger charge is -2.16. The Labute approximate surface area is 246 Å². The van der Waals surface area contributed by atoms with Crippen LogP contribution in [-0.4, -0.2) is 16.4 Å². The minimum atomic E-state index is -0.301. The Morgan fingerprint density at radius 2 is 1.12 bits per heavy atom. The van der Waals surface area contributed by atoms with E-state index in [2.05, 4.69) is 61.4 Å². The van der Waals surface area contributed by atoms with Crippen LogP contribution in [0.25, 0.3) is 38.6 Å². The normalized spacial score (nSPS) is 12.4. The van der Waals surface area contributed by atoms with Gasteiger partial charge in [-0.2, -0.15) is 0 Å². The summed E-state index contributed by atoms with van der Waals surface area (Å²) in [5.74, 6) is -0.598. The second kappa shape index (κ2) is 10.6. The summed E-state index contributed by atoms with van der Waals surface area (Å²) in [6.07, 6.45) is 0. The van der Waals surface area contributed by atoms with Crippen molar-refractivity contribution in [3.63, 3.8) is 0 Å². The summed E-state index contributed by atoms with van der Waals surface area (Å²) in [5, 5.41) is 2.26. The van der Waals surface area contributed by atoms with Crippen molar-refractivity contribution in [1.29, 1.82) is 0 Å². The van der Waals surface area contributed by atoms with Gasteiger partial charge in [0.2, 0.25) is 0 Å². The molecule has 0 fully saturated rings. The van der Waals surface area contributed by atoms with Crippen molar-refractivity contribution in [1.82, 2.24) is 4.57 Å². The van der Waals surface area contributed by atoms with Crippen molar-refractivity contribution in [3.05, 3.63) is 144 Å². The Balaban J connectivity index is 0.000000744. The number of imide groups is 1. The van der Waals surface area contributed by atoms with Crippen LogP contribution in [0, 0.1) is 13.8 Å². The van der Waals surface area contributed by atoms with Crippen LogP contribution in [0.3, 0.4) is 0 Å². The molecule has 4 nitrogen and oxygen atoms in total. The lowest BCUT2D eigenvalue weighted by Crippen LogP contribution is -2.29. The Hall–Kier alpha value is -5.22. The van der Waals surface area contributed by atoms with Gasteiger partial charge in [0.15, 0.2) is 0 Å². The van der Waals surface area contributed by atoms with Crippen molar-refractivity contribution < 1.29 is 9.59 Å². The molecular weight excluding hydrogens is 516 g/mol. The molecule has 0 N–H and O–H groups in total. The lowest BCUT2D eigenvalue weighted by molar-refractivity contribution is 0.0926. The molecule has 0 bridgehead atoms. The van der Waals surface area contributed by atoms with E-state index in [-0.39, 0.29) is 11.8 Å². The molecule has 1 aliphatic heterocycles. The highest BCUT2D eigenvalue weighted by atomic mass is 16.2. The molecule has 2 amide bonds. The highest BCUT2D eigenvalue weighted by Gasteiger charge is 2.39. The van der Waals surface area contributed by atoms with Gasteiger partial charge in [-0.25, -0.2) is 4.90 Å². The van der Waals surface area contributed by atoms with Crippen LogP contribution in [0.2, 0.25) is 0 Å². The van der Waals surface area contributed by atoms with Crippen molar-refractivity contribution in [2.45, 2.75) is 27.7 Å². The van der Waals surface area contributed by atoms with Gasteiger partial charge in [0, 0.05) is 10.8 Å². The van der Waals surface area contributed by atoms with Gasteiger partial charge < -0.3 is 4.57 Å². The molecule has 5 aromatic carbocycles. The molecule has 206 valence electrons. The summed E-state index contributed by atoms with van der Waals surface area (Å²) in [6, 6.07) is 35.8. The Morgan fingerprint density at radius 1 is 0.595 bits per heavy atom. The predicted octanol–water partition coefficient (Wildman–Crippen LogP) is 9.45. The average Bonchev–Trinajstić information content (AvgIpc) is 3.46. The zero-order chi connectivity index (χ0) is 29.5. The Bertz CT molecular complexity index is 1950. The number of aryl methyl sites for hydroxylation is 2. The Kier molecular flexibility index (Phi) is 6.83. The van der Waals surface area contributed by atoms with Crippen molar-refractivity contribution in [3.8, 4) is 16.8 Å². The molecule has 0 aliphatic carbocycles. The van der Waals surface area contributed by atoms with E-state index in [1.54, 1.807) is 6.07 Å². The monoisotopic (exact) mass is 548 g/mol. The summed E-state index contributed by atoms with van der Waals surface area (Å²) in [6.45, 7) is 11.7. The van der Waals surface area contributed by atoms with Gasteiger partial charge in [0.25, 0.3) is 11.8 Å². The van der Waals surface area contributed by atoms with Gasteiger partial charge in [-0.1, -0.05) is 90.5 Å². The van der Waals surface area contributed by atoms with Gasteiger partial charge in [0.05, 0.1) is 33.5 Å². The first kappa shape index (κ1) is 27.0. The van der Waals surface area contributed by atoms with E-state index in [4.69, 9.17) is 0 Å². The third kappa shape index (κ3) is 4.42. The number of carbonyl (C=O) groups is 2. The molecule has 0 unspecified atom stereocenters.